The Kier molecular flexibility index (Phi) is 6.54. The Morgan fingerprint density at radius 2 is 1.56 bits per heavy atom. The van der Waals surface area contributed by atoms with Gasteiger partial charge in [0.2, 0.25) is 5.91 Å². The normalized spacial score (nSPS) is 12.5. The van der Waals surface area contributed by atoms with Gasteiger partial charge in [-0.15, -0.1) is 0 Å². The molecule has 0 saturated carbocycles. The molecule has 0 unspecified atom stereocenters. The first-order chi connectivity index (χ1) is 16.4. The van der Waals surface area contributed by atoms with Crippen molar-refractivity contribution in [3.63, 3.8) is 0 Å². The molecule has 0 spiro atoms. The fraction of sp³-hybridized carbons (Fsp3) is 0.185. The van der Waals surface area contributed by atoms with Gasteiger partial charge in [0, 0.05) is 31.3 Å². The van der Waals surface area contributed by atoms with Gasteiger partial charge in [0.1, 0.15) is 0 Å². The predicted octanol–water partition coefficient (Wildman–Crippen LogP) is 4.10. The van der Waals surface area contributed by atoms with Gasteiger partial charge < -0.3 is 10.2 Å². The lowest BCUT2D eigenvalue weighted by Crippen LogP contribution is -2.29. The molecule has 0 atom stereocenters. The molecule has 172 valence electrons. The lowest BCUT2D eigenvalue weighted by atomic mass is 10.1. The third-order valence-corrected chi connectivity index (χ3v) is 5.80. The van der Waals surface area contributed by atoms with Crippen molar-refractivity contribution in [3.05, 3.63) is 101 Å². The van der Waals surface area contributed by atoms with E-state index >= 15 is 0 Å². The van der Waals surface area contributed by atoms with Crippen molar-refractivity contribution in [2.75, 3.05) is 11.9 Å². The first-order valence-electron chi connectivity index (χ1n) is 11.1. The largest absolute Gasteiger partial charge is 0.339 e. The number of nitrogens with one attached hydrogen (secondary N) is 1. The molecule has 1 aliphatic rings. The van der Waals surface area contributed by atoms with Crippen LogP contribution >= 0.6 is 0 Å². The Hall–Kier alpha value is -4.26. The Morgan fingerprint density at radius 3 is 2.26 bits per heavy atom. The second-order valence-corrected chi connectivity index (χ2v) is 8.13. The minimum Gasteiger partial charge on any atom is -0.339 e. The second-order valence-electron chi connectivity index (χ2n) is 8.13. The van der Waals surface area contributed by atoms with Gasteiger partial charge in [0.25, 0.3) is 17.7 Å². The zero-order valence-corrected chi connectivity index (χ0v) is 19.1. The highest BCUT2D eigenvalue weighted by atomic mass is 16.2. The van der Waals surface area contributed by atoms with Crippen LogP contribution < -0.4 is 5.32 Å². The maximum absolute atomic E-state index is 12.9. The fourth-order valence-corrected chi connectivity index (χ4v) is 3.96. The summed E-state index contributed by atoms with van der Waals surface area (Å²) < 4.78 is 0. The van der Waals surface area contributed by atoms with Crippen molar-refractivity contribution >= 4 is 29.3 Å². The van der Waals surface area contributed by atoms with E-state index in [2.05, 4.69) is 5.32 Å². The predicted molar refractivity (Wildman–Crippen MR) is 128 cm³/mol. The molecule has 0 saturated heterocycles. The summed E-state index contributed by atoms with van der Waals surface area (Å²) in [5, 5.41) is 2.84. The van der Waals surface area contributed by atoms with E-state index in [0.29, 0.717) is 24.3 Å². The van der Waals surface area contributed by atoms with Crippen LogP contribution in [-0.4, -0.2) is 40.0 Å². The topological polar surface area (TPSA) is 86.8 Å². The summed E-state index contributed by atoms with van der Waals surface area (Å²) in [5.74, 6) is -1.19. The molecule has 7 heteroatoms. The fourth-order valence-electron chi connectivity index (χ4n) is 3.96. The highest BCUT2D eigenvalue weighted by molar-refractivity contribution is 6.22. The highest BCUT2D eigenvalue weighted by Crippen LogP contribution is 2.26. The van der Waals surface area contributed by atoms with Crippen LogP contribution in [-0.2, 0) is 17.9 Å². The van der Waals surface area contributed by atoms with E-state index in [0.717, 1.165) is 11.1 Å². The molecule has 1 aliphatic heterocycles. The lowest BCUT2D eigenvalue weighted by Gasteiger charge is -2.19. The van der Waals surface area contributed by atoms with Gasteiger partial charge in [0.05, 0.1) is 17.7 Å². The van der Waals surface area contributed by atoms with Gasteiger partial charge in [-0.25, -0.2) is 0 Å². The summed E-state index contributed by atoms with van der Waals surface area (Å²) in [4.78, 5) is 53.2. The SMILES string of the molecule is CCN(Cc1cccc(NC(=O)c2ccc3c(c2)C(=O)N(Cc2ccccc2)C3=O)c1)C(C)=O. The number of nitrogens with zero attached hydrogens (tertiary/aromatic N) is 2. The van der Waals surface area contributed by atoms with Crippen molar-refractivity contribution in [2.45, 2.75) is 26.9 Å². The number of rotatable bonds is 7. The van der Waals surface area contributed by atoms with Gasteiger partial charge in [-0.3, -0.25) is 24.1 Å². The highest BCUT2D eigenvalue weighted by Gasteiger charge is 2.36. The van der Waals surface area contributed by atoms with E-state index in [1.165, 1.54) is 24.0 Å². The zero-order valence-electron chi connectivity index (χ0n) is 19.1. The number of imide groups is 1. The molecule has 34 heavy (non-hydrogen) atoms. The number of carbonyl (C=O) groups is 4. The number of carbonyl (C=O) groups excluding carboxylic acids is 4. The van der Waals surface area contributed by atoms with E-state index in [4.69, 9.17) is 0 Å². The van der Waals surface area contributed by atoms with E-state index < -0.39 is 5.91 Å². The van der Waals surface area contributed by atoms with E-state index in [-0.39, 0.29) is 35.4 Å². The molecular formula is C27H25N3O4. The van der Waals surface area contributed by atoms with Crippen LogP contribution in [0.1, 0.15) is 56.0 Å². The van der Waals surface area contributed by atoms with Gasteiger partial charge in [-0.2, -0.15) is 0 Å². The van der Waals surface area contributed by atoms with Gasteiger partial charge in [-0.05, 0) is 48.4 Å². The van der Waals surface area contributed by atoms with Gasteiger partial charge >= 0.3 is 0 Å². The number of hydrogen-bond acceptors (Lipinski definition) is 4. The molecule has 3 aromatic rings. The van der Waals surface area contributed by atoms with E-state index in [1.807, 2.05) is 55.5 Å². The standard InChI is InChI=1S/C27H25N3O4/c1-3-29(18(2)31)16-20-10-7-11-22(14-20)28-25(32)21-12-13-23-24(15-21)27(34)30(26(23)33)17-19-8-5-4-6-9-19/h4-15H,3,16-17H2,1-2H3,(H,28,32). The molecule has 1 N–H and O–H groups in total. The molecule has 0 aliphatic carbocycles. The average Bonchev–Trinajstić information content (AvgIpc) is 3.07. The van der Waals surface area contributed by atoms with Crippen LogP contribution in [0.3, 0.4) is 0 Å². The minimum absolute atomic E-state index is 0.0180. The van der Waals surface area contributed by atoms with Crippen molar-refractivity contribution in [3.8, 4) is 0 Å². The third kappa shape index (κ3) is 4.73. The van der Waals surface area contributed by atoms with Crippen molar-refractivity contribution < 1.29 is 19.2 Å². The Labute approximate surface area is 198 Å². The second kappa shape index (κ2) is 9.70. The number of fused-ring (bicyclic) bond motifs is 1. The first kappa shape index (κ1) is 22.9. The van der Waals surface area contributed by atoms with Crippen molar-refractivity contribution in [1.82, 2.24) is 9.80 Å². The van der Waals surface area contributed by atoms with Crippen molar-refractivity contribution in [1.29, 1.82) is 0 Å². The number of benzene rings is 3. The third-order valence-electron chi connectivity index (χ3n) is 5.80. The van der Waals surface area contributed by atoms with Crippen LogP contribution in [0.15, 0.2) is 72.8 Å². The molecule has 0 radical (unpaired) electrons. The average molecular weight is 456 g/mol. The lowest BCUT2D eigenvalue weighted by molar-refractivity contribution is -0.129. The minimum atomic E-state index is -0.413. The molecular weight excluding hydrogens is 430 g/mol. The summed E-state index contributed by atoms with van der Waals surface area (Å²) in [6.07, 6.45) is 0. The molecule has 0 bridgehead atoms. The zero-order chi connectivity index (χ0) is 24.2. The molecule has 0 fully saturated rings. The monoisotopic (exact) mass is 455 g/mol. The Morgan fingerprint density at radius 1 is 0.853 bits per heavy atom. The van der Waals surface area contributed by atoms with Gasteiger partial charge in [0.15, 0.2) is 0 Å². The smallest absolute Gasteiger partial charge is 0.261 e. The van der Waals surface area contributed by atoms with Crippen LogP contribution in [0, 0.1) is 0 Å². The summed E-state index contributed by atoms with van der Waals surface area (Å²) in [5.41, 5.74) is 3.12. The molecule has 4 amide bonds. The van der Waals surface area contributed by atoms with E-state index in [9.17, 15) is 19.2 Å². The molecule has 1 heterocycles. The van der Waals surface area contributed by atoms with Crippen LogP contribution in [0.2, 0.25) is 0 Å². The number of anilines is 1. The Bertz CT molecular complexity index is 1270. The molecule has 3 aromatic carbocycles. The number of hydrogen-bond donors (Lipinski definition) is 1. The summed E-state index contributed by atoms with van der Waals surface area (Å²) in [6, 6.07) is 21.1. The molecule has 0 aromatic heterocycles. The number of amides is 4. The quantitative estimate of drug-likeness (QED) is 0.544. The summed E-state index contributed by atoms with van der Waals surface area (Å²) in [7, 11) is 0. The summed E-state index contributed by atoms with van der Waals surface area (Å²) >= 11 is 0. The molecule has 4 rings (SSSR count). The van der Waals surface area contributed by atoms with Crippen LogP contribution in [0.25, 0.3) is 0 Å². The van der Waals surface area contributed by atoms with Gasteiger partial charge in [-0.1, -0.05) is 42.5 Å². The van der Waals surface area contributed by atoms with Crippen molar-refractivity contribution in [2.24, 2.45) is 0 Å². The van der Waals surface area contributed by atoms with Crippen LogP contribution in [0.4, 0.5) is 5.69 Å². The Balaban J connectivity index is 1.49. The van der Waals surface area contributed by atoms with Crippen LogP contribution in [0.5, 0.6) is 0 Å². The maximum atomic E-state index is 12.9. The molecule has 7 nitrogen and oxygen atoms in total. The van der Waals surface area contributed by atoms with E-state index in [1.54, 1.807) is 17.0 Å². The summed E-state index contributed by atoms with van der Waals surface area (Å²) in [6.45, 7) is 4.65. The maximum Gasteiger partial charge on any atom is 0.261 e. The first-order valence-corrected chi connectivity index (χ1v) is 11.1.